The van der Waals surface area contributed by atoms with Gasteiger partial charge in [0.2, 0.25) is 5.91 Å². The van der Waals surface area contributed by atoms with E-state index in [1.54, 1.807) is 18.2 Å². The Labute approximate surface area is 138 Å². The Hall–Kier alpha value is -2.78. The molecule has 1 aliphatic heterocycles. The molecule has 1 aromatic heterocycles. The smallest absolute Gasteiger partial charge is 0.406 e. The van der Waals surface area contributed by atoms with Crippen LogP contribution in [0.2, 0.25) is 0 Å². The molecule has 2 heterocycles. The lowest BCUT2D eigenvalue weighted by molar-refractivity contribution is -0.186. The molecule has 0 aliphatic carbocycles. The fraction of sp³-hybridized carbons (Fsp3) is 0.400. The zero-order chi connectivity index (χ0) is 18.2. The molecule has 134 valence electrons. The van der Waals surface area contributed by atoms with Crippen LogP contribution >= 0.6 is 0 Å². The highest BCUT2D eigenvalue weighted by Crippen LogP contribution is 2.26. The molecule has 0 radical (unpaired) electrons. The molecule has 10 heteroatoms. The number of piperidine rings is 1. The van der Waals surface area contributed by atoms with Crippen molar-refractivity contribution in [3.63, 3.8) is 0 Å². The number of likely N-dealkylation sites (tertiary alicyclic amines) is 1. The van der Waals surface area contributed by atoms with Gasteiger partial charge in [-0.15, -0.1) is 0 Å². The number of fused-ring (bicyclic) bond motifs is 1. The molecule has 1 saturated heterocycles. The van der Waals surface area contributed by atoms with Crippen molar-refractivity contribution in [1.82, 2.24) is 9.88 Å². The third-order valence-electron chi connectivity index (χ3n) is 4.10. The molecule has 3 rings (SSSR count). The van der Waals surface area contributed by atoms with E-state index < -0.39 is 29.7 Å². The van der Waals surface area contributed by atoms with Crippen LogP contribution in [0.3, 0.4) is 0 Å². The summed E-state index contributed by atoms with van der Waals surface area (Å²) >= 11 is 0. The first-order valence-electron chi connectivity index (χ1n) is 7.54. The Morgan fingerprint density at radius 2 is 1.92 bits per heavy atom. The summed E-state index contributed by atoms with van der Waals surface area (Å²) in [6, 6.07) is 4.78. The molecular formula is C15H14F3N3O4. The number of nitrogens with zero attached hydrogens (tertiary/aromatic N) is 1. The maximum Gasteiger partial charge on any atom is 0.471 e. The Balaban J connectivity index is 1.65. The first-order valence-corrected chi connectivity index (χ1v) is 7.54. The normalized spacial score (nSPS) is 16.2. The third kappa shape index (κ3) is 3.52. The number of aromatic nitrogens is 1. The van der Waals surface area contributed by atoms with Gasteiger partial charge in [-0.05, 0) is 25.0 Å². The first kappa shape index (κ1) is 17.1. The number of alkyl halides is 3. The lowest BCUT2D eigenvalue weighted by Crippen LogP contribution is -2.46. The van der Waals surface area contributed by atoms with Crippen LogP contribution in [-0.2, 0) is 9.59 Å². The summed E-state index contributed by atoms with van der Waals surface area (Å²) in [5.41, 5.74) is 0.925. The van der Waals surface area contributed by atoms with Gasteiger partial charge >= 0.3 is 17.8 Å². The lowest BCUT2D eigenvalue weighted by Gasteiger charge is -2.31. The number of hydrogen-bond donors (Lipinski definition) is 2. The average Bonchev–Trinajstić information content (AvgIpc) is 2.95. The Morgan fingerprint density at radius 3 is 2.56 bits per heavy atom. The van der Waals surface area contributed by atoms with Crippen LogP contribution < -0.4 is 11.1 Å². The van der Waals surface area contributed by atoms with Gasteiger partial charge < -0.3 is 14.6 Å². The van der Waals surface area contributed by atoms with Crippen molar-refractivity contribution < 1.29 is 27.2 Å². The van der Waals surface area contributed by atoms with E-state index >= 15 is 0 Å². The molecule has 0 unspecified atom stereocenters. The van der Waals surface area contributed by atoms with Crippen molar-refractivity contribution in [3.05, 3.63) is 28.7 Å². The highest BCUT2D eigenvalue weighted by Gasteiger charge is 2.43. The summed E-state index contributed by atoms with van der Waals surface area (Å²) in [5.74, 6) is -3.46. The average molecular weight is 357 g/mol. The summed E-state index contributed by atoms with van der Waals surface area (Å²) in [6.45, 7) is -0.278. The van der Waals surface area contributed by atoms with E-state index in [2.05, 4.69) is 10.3 Å². The lowest BCUT2D eigenvalue weighted by atomic mass is 9.95. The van der Waals surface area contributed by atoms with Crippen molar-refractivity contribution in [2.75, 3.05) is 18.4 Å². The van der Waals surface area contributed by atoms with Crippen LogP contribution in [0.1, 0.15) is 12.8 Å². The number of carbonyl (C=O) groups is 2. The number of carbonyl (C=O) groups excluding carboxylic acids is 2. The third-order valence-corrected chi connectivity index (χ3v) is 4.10. The molecule has 25 heavy (non-hydrogen) atoms. The topological polar surface area (TPSA) is 95.4 Å². The zero-order valence-corrected chi connectivity index (χ0v) is 12.9. The van der Waals surface area contributed by atoms with Crippen LogP contribution in [0, 0.1) is 5.92 Å². The van der Waals surface area contributed by atoms with Crippen LogP contribution in [0.25, 0.3) is 11.1 Å². The molecule has 1 aliphatic rings. The van der Waals surface area contributed by atoms with Gasteiger partial charge in [-0.1, -0.05) is 6.07 Å². The number of halogens is 3. The van der Waals surface area contributed by atoms with E-state index in [0.29, 0.717) is 16.1 Å². The number of amides is 2. The van der Waals surface area contributed by atoms with Gasteiger partial charge in [0.05, 0.1) is 11.2 Å². The van der Waals surface area contributed by atoms with Crippen molar-refractivity contribution >= 4 is 28.6 Å². The van der Waals surface area contributed by atoms with Crippen molar-refractivity contribution in [2.45, 2.75) is 19.0 Å². The molecule has 0 atom stereocenters. The quantitative estimate of drug-likeness (QED) is 0.858. The van der Waals surface area contributed by atoms with Gasteiger partial charge in [-0.25, -0.2) is 4.79 Å². The van der Waals surface area contributed by atoms with Crippen LogP contribution in [0.15, 0.2) is 27.4 Å². The van der Waals surface area contributed by atoms with Crippen LogP contribution in [-0.4, -0.2) is 41.0 Å². The van der Waals surface area contributed by atoms with E-state index in [4.69, 9.17) is 4.42 Å². The summed E-state index contributed by atoms with van der Waals surface area (Å²) < 4.78 is 42.2. The van der Waals surface area contributed by atoms with Gasteiger partial charge in [-0.3, -0.25) is 14.6 Å². The van der Waals surface area contributed by atoms with E-state index in [9.17, 15) is 27.6 Å². The molecule has 0 saturated carbocycles. The van der Waals surface area contributed by atoms with Crippen molar-refractivity contribution in [3.8, 4) is 0 Å². The number of anilines is 1. The molecule has 0 bridgehead atoms. The SMILES string of the molecule is O=C(Nc1cccc2[nH]c(=O)oc12)C1CCN(C(=O)C(F)(F)F)CC1. The predicted molar refractivity (Wildman–Crippen MR) is 80.8 cm³/mol. The van der Waals surface area contributed by atoms with Gasteiger partial charge in [0.25, 0.3) is 0 Å². The number of aromatic amines is 1. The molecular weight excluding hydrogens is 343 g/mol. The minimum Gasteiger partial charge on any atom is -0.406 e. The number of H-pyrrole nitrogens is 1. The van der Waals surface area contributed by atoms with Gasteiger partial charge in [0.1, 0.15) is 0 Å². The maximum atomic E-state index is 12.4. The summed E-state index contributed by atoms with van der Waals surface area (Å²) in [7, 11) is 0. The molecule has 1 fully saturated rings. The summed E-state index contributed by atoms with van der Waals surface area (Å²) in [5, 5.41) is 2.63. The number of benzene rings is 1. The Morgan fingerprint density at radius 1 is 1.24 bits per heavy atom. The van der Waals surface area contributed by atoms with Gasteiger partial charge in [0.15, 0.2) is 5.58 Å². The van der Waals surface area contributed by atoms with Crippen molar-refractivity contribution in [2.24, 2.45) is 5.92 Å². The number of rotatable bonds is 2. The first-order chi connectivity index (χ1) is 11.8. The highest BCUT2D eigenvalue weighted by atomic mass is 19.4. The molecule has 2 amide bonds. The molecule has 2 N–H and O–H groups in total. The fourth-order valence-corrected chi connectivity index (χ4v) is 2.83. The van der Waals surface area contributed by atoms with Crippen LogP contribution in [0.5, 0.6) is 0 Å². The maximum absolute atomic E-state index is 12.4. The predicted octanol–water partition coefficient (Wildman–Crippen LogP) is 1.86. The van der Waals surface area contributed by atoms with Crippen LogP contribution in [0.4, 0.5) is 18.9 Å². The molecule has 7 nitrogen and oxygen atoms in total. The fourth-order valence-electron chi connectivity index (χ4n) is 2.83. The van der Waals surface area contributed by atoms with E-state index in [0.717, 1.165) is 0 Å². The Kier molecular flexibility index (Phi) is 4.27. The number of nitrogens with one attached hydrogen (secondary N) is 2. The van der Waals surface area contributed by atoms with E-state index in [1.807, 2.05) is 0 Å². The zero-order valence-electron chi connectivity index (χ0n) is 12.9. The standard InChI is InChI=1S/C15H14F3N3O4/c16-15(17,18)13(23)21-6-4-8(5-7-21)12(22)19-9-2-1-3-10-11(9)25-14(24)20-10/h1-3,8H,4-7H2,(H,19,22)(H,20,24). The molecule has 2 aromatic rings. The molecule has 1 aromatic carbocycles. The number of oxazole rings is 1. The van der Waals surface area contributed by atoms with Gasteiger partial charge in [-0.2, -0.15) is 13.2 Å². The van der Waals surface area contributed by atoms with E-state index in [-0.39, 0.29) is 31.5 Å². The van der Waals surface area contributed by atoms with Gasteiger partial charge in [0, 0.05) is 19.0 Å². The minimum atomic E-state index is -4.91. The molecule has 0 spiro atoms. The van der Waals surface area contributed by atoms with Crippen molar-refractivity contribution in [1.29, 1.82) is 0 Å². The Bertz CT molecular complexity index is 863. The number of hydrogen-bond acceptors (Lipinski definition) is 4. The summed E-state index contributed by atoms with van der Waals surface area (Å²) in [4.78, 5) is 37.9. The minimum absolute atomic E-state index is 0.126. The second-order valence-electron chi connectivity index (χ2n) is 5.75. The largest absolute Gasteiger partial charge is 0.471 e. The highest BCUT2D eigenvalue weighted by molar-refractivity contribution is 5.99. The monoisotopic (exact) mass is 357 g/mol. The number of para-hydroxylation sites is 1. The second kappa shape index (κ2) is 6.26. The van der Waals surface area contributed by atoms with E-state index in [1.165, 1.54) is 0 Å². The summed E-state index contributed by atoms with van der Waals surface area (Å²) in [6.07, 6.45) is -4.65. The second-order valence-corrected chi connectivity index (χ2v) is 5.75.